The SMILES string of the molecule is O=C(C1CN(S(=O)(=O)c2ccccc2Cl)CCO1)N1CC(OCC(F)(F)F)C1. The lowest BCUT2D eigenvalue weighted by Crippen LogP contribution is -2.61. The van der Waals surface area contributed by atoms with Gasteiger partial charge in [0.2, 0.25) is 10.0 Å². The summed E-state index contributed by atoms with van der Waals surface area (Å²) in [5, 5.41) is 0.0734. The Morgan fingerprint density at radius 3 is 2.57 bits per heavy atom. The lowest BCUT2D eigenvalue weighted by Gasteiger charge is -2.42. The second-order valence-electron chi connectivity index (χ2n) is 6.44. The van der Waals surface area contributed by atoms with E-state index in [-0.39, 0.29) is 42.7 Å². The van der Waals surface area contributed by atoms with E-state index in [1.165, 1.54) is 17.0 Å². The number of benzene rings is 1. The van der Waals surface area contributed by atoms with E-state index in [1.807, 2.05) is 0 Å². The molecule has 2 heterocycles. The third-order valence-corrected chi connectivity index (χ3v) is 6.77. The van der Waals surface area contributed by atoms with Crippen molar-refractivity contribution in [2.75, 3.05) is 39.4 Å². The third-order valence-electron chi connectivity index (χ3n) is 4.40. The number of alkyl halides is 3. The average Bonchev–Trinajstić information content (AvgIpc) is 2.59. The van der Waals surface area contributed by atoms with Gasteiger partial charge in [0, 0.05) is 26.2 Å². The quantitative estimate of drug-likeness (QED) is 0.691. The first-order valence-corrected chi connectivity index (χ1v) is 10.2. The predicted molar refractivity (Wildman–Crippen MR) is 92.3 cm³/mol. The average molecular weight is 443 g/mol. The van der Waals surface area contributed by atoms with Gasteiger partial charge in [-0.1, -0.05) is 23.7 Å². The number of sulfonamides is 1. The van der Waals surface area contributed by atoms with Crippen molar-refractivity contribution in [2.45, 2.75) is 23.3 Å². The van der Waals surface area contributed by atoms with E-state index in [2.05, 4.69) is 4.74 Å². The fourth-order valence-corrected chi connectivity index (χ4v) is 4.84. The van der Waals surface area contributed by atoms with Crippen molar-refractivity contribution < 1.29 is 35.9 Å². The van der Waals surface area contributed by atoms with Gasteiger partial charge in [0.05, 0.1) is 17.7 Å². The van der Waals surface area contributed by atoms with Gasteiger partial charge < -0.3 is 14.4 Å². The number of ether oxygens (including phenoxy) is 2. The van der Waals surface area contributed by atoms with Crippen LogP contribution in [0.5, 0.6) is 0 Å². The summed E-state index contributed by atoms with van der Waals surface area (Å²) in [5.74, 6) is -0.481. The molecule has 0 aromatic heterocycles. The predicted octanol–water partition coefficient (Wildman–Crippen LogP) is 1.52. The second kappa shape index (κ2) is 8.15. The van der Waals surface area contributed by atoms with Crippen LogP contribution >= 0.6 is 11.6 Å². The fourth-order valence-electron chi connectivity index (χ4n) is 2.93. The molecular weight excluding hydrogens is 425 g/mol. The highest BCUT2D eigenvalue weighted by molar-refractivity contribution is 7.89. The molecule has 0 aliphatic carbocycles. The maximum Gasteiger partial charge on any atom is 0.411 e. The lowest BCUT2D eigenvalue weighted by atomic mass is 10.1. The molecule has 1 aromatic rings. The number of rotatable bonds is 5. The number of hydrogen-bond donors (Lipinski definition) is 0. The van der Waals surface area contributed by atoms with Crippen LogP contribution in [0.4, 0.5) is 13.2 Å². The molecule has 1 aromatic carbocycles. The van der Waals surface area contributed by atoms with Gasteiger partial charge >= 0.3 is 6.18 Å². The van der Waals surface area contributed by atoms with Crippen LogP contribution < -0.4 is 0 Å². The Morgan fingerprint density at radius 1 is 1.25 bits per heavy atom. The molecule has 2 fully saturated rings. The van der Waals surface area contributed by atoms with Crippen LogP contribution in [-0.2, 0) is 24.3 Å². The Balaban J connectivity index is 1.58. The van der Waals surface area contributed by atoms with Crippen molar-refractivity contribution >= 4 is 27.5 Å². The Labute approximate surface area is 165 Å². The molecule has 12 heteroatoms. The van der Waals surface area contributed by atoms with Gasteiger partial charge in [0.15, 0.2) is 0 Å². The first kappa shape index (κ1) is 21.3. The molecule has 0 bridgehead atoms. The van der Waals surface area contributed by atoms with Crippen LogP contribution in [-0.4, -0.2) is 81.3 Å². The highest BCUT2D eigenvalue weighted by atomic mass is 35.5. The molecule has 7 nitrogen and oxygen atoms in total. The zero-order chi connectivity index (χ0) is 20.5. The molecule has 2 aliphatic rings. The number of carbonyl (C=O) groups is 1. The molecule has 2 aliphatic heterocycles. The van der Waals surface area contributed by atoms with Gasteiger partial charge in [-0.05, 0) is 12.1 Å². The Kier molecular flexibility index (Phi) is 6.20. The number of amides is 1. The maximum absolute atomic E-state index is 12.8. The van der Waals surface area contributed by atoms with Crippen molar-refractivity contribution in [1.29, 1.82) is 0 Å². The molecule has 1 unspecified atom stereocenters. The first-order chi connectivity index (χ1) is 13.1. The van der Waals surface area contributed by atoms with Crippen LogP contribution in [0, 0.1) is 0 Å². The van der Waals surface area contributed by atoms with Crippen LogP contribution in [0.25, 0.3) is 0 Å². The van der Waals surface area contributed by atoms with Crippen molar-refractivity contribution in [3.63, 3.8) is 0 Å². The molecule has 1 amide bonds. The Morgan fingerprint density at radius 2 is 1.93 bits per heavy atom. The number of hydrogen-bond acceptors (Lipinski definition) is 5. The summed E-state index contributed by atoms with van der Waals surface area (Å²) in [6, 6.07) is 5.98. The zero-order valence-electron chi connectivity index (χ0n) is 14.6. The van der Waals surface area contributed by atoms with E-state index in [0.29, 0.717) is 0 Å². The minimum Gasteiger partial charge on any atom is -0.366 e. The molecular formula is C16H18ClF3N2O5S. The van der Waals surface area contributed by atoms with E-state index >= 15 is 0 Å². The van der Waals surface area contributed by atoms with Crippen LogP contribution in [0.1, 0.15) is 0 Å². The molecule has 3 rings (SSSR count). The highest BCUT2D eigenvalue weighted by Gasteiger charge is 2.41. The molecule has 28 heavy (non-hydrogen) atoms. The monoisotopic (exact) mass is 442 g/mol. The van der Waals surface area contributed by atoms with Crippen molar-refractivity contribution in [1.82, 2.24) is 9.21 Å². The summed E-state index contributed by atoms with van der Waals surface area (Å²) in [4.78, 5) is 13.7. The van der Waals surface area contributed by atoms with Crippen molar-refractivity contribution in [2.24, 2.45) is 0 Å². The number of halogens is 4. The largest absolute Gasteiger partial charge is 0.411 e. The number of likely N-dealkylation sites (tertiary alicyclic amines) is 1. The van der Waals surface area contributed by atoms with E-state index in [9.17, 15) is 26.4 Å². The number of morpholine rings is 1. The first-order valence-electron chi connectivity index (χ1n) is 8.41. The summed E-state index contributed by atoms with van der Waals surface area (Å²) < 4.78 is 73.2. The number of nitrogens with zero attached hydrogens (tertiary/aromatic N) is 2. The van der Waals surface area contributed by atoms with E-state index in [4.69, 9.17) is 16.3 Å². The molecule has 156 valence electrons. The van der Waals surface area contributed by atoms with Crippen molar-refractivity contribution in [3.05, 3.63) is 29.3 Å². The summed E-state index contributed by atoms with van der Waals surface area (Å²) in [6.07, 6.45) is -6.16. The normalized spacial score (nSPS) is 22.1. The molecule has 2 saturated heterocycles. The molecule has 0 saturated carbocycles. The Hall–Kier alpha value is -1.40. The van der Waals surface area contributed by atoms with Gasteiger partial charge in [-0.3, -0.25) is 4.79 Å². The van der Waals surface area contributed by atoms with Gasteiger partial charge in [0.1, 0.15) is 17.6 Å². The minimum atomic E-state index is -4.43. The van der Waals surface area contributed by atoms with Gasteiger partial charge in [-0.2, -0.15) is 17.5 Å². The van der Waals surface area contributed by atoms with Crippen LogP contribution in [0.3, 0.4) is 0 Å². The summed E-state index contributed by atoms with van der Waals surface area (Å²) in [5.41, 5.74) is 0. The van der Waals surface area contributed by atoms with E-state index in [0.717, 1.165) is 4.31 Å². The van der Waals surface area contributed by atoms with Gasteiger partial charge in [-0.15, -0.1) is 0 Å². The standard InChI is InChI=1S/C16H18ClF3N2O5S/c17-12-3-1-2-4-14(12)28(24,25)22-5-6-26-13(9-22)15(23)21-7-11(8-21)27-10-16(18,19)20/h1-4,11,13H,5-10H2. The molecule has 0 N–H and O–H groups in total. The summed E-state index contributed by atoms with van der Waals surface area (Å²) >= 11 is 5.98. The Bertz CT molecular complexity index is 830. The molecule has 0 radical (unpaired) electrons. The van der Waals surface area contributed by atoms with Crippen molar-refractivity contribution in [3.8, 4) is 0 Å². The van der Waals surface area contributed by atoms with E-state index < -0.39 is 40.9 Å². The summed E-state index contributed by atoms with van der Waals surface area (Å²) in [6.45, 7) is -1.48. The van der Waals surface area contributed by atoms with E-state index in [1.54, 1.807) is 12.1 Å². The highest BCUT2D eigenvalue weighted by Crippen LogP contribution is 2.26. The second-order valence-corrected chi connectivity index (χ2v) is 8.76. The number of carbonyl (C=O) groups excluding carboxylic acids is 1. The van der Waals surface area contributed by atoms with Gasteiger partial charge in [-0.25, -0.2) is 8.42 Å². The zero-order valence-corrected chi connectivity index (χ0v) is 16.1. The maximum atomic E-state index is 12.8. The topological polar surface area (TPSA) is 76.2 Å². The minimum absolute atomic E-state index is 0.00599. The smallest absolute Gasteiger partial charge is 0.366 e. The van der Waals surface area contributed by atoms with Gasteiger partial charge in [0.25, 0.3) is 5.91 Å². The van der Waals surface area contributed by atoms with Crippen LogP contribution in [0.2, 0.25) is 5.02 Å². The summed E-state index contributed by atoms with van der Waals surface area (Å²) in [7, 11) is -3.91. The molecule has 1 atom stereocenters. The molecule has 0 spiro atoms. The fraction of sp³-hybridized carbons (Fsp3) is 0.562. The van der Waals surface area contributed by atoms with Crippen LogP contribution in [0.15, 0.2) is 29.2 Å². The third kappa shape index (κ3) is 4.77. The lowest BCUT2D eigenvalue weighted by molar-refractivity contribution is -0.202.